The van der Waals surface area contributed by atoms with Crippen molar-refractivity contribution < 1.29 is 33.4 Å². The van der Waals surface area contributed by atoms with Crippen LogP contribution in [0, 0.1) is 5.41 Å². The lowest BCUT2D eigenvalue weighted by Crippen LogP contribution is -2.65. The molecule has 0 radical (unpaired) electrons. The molecule has 12 heteroatoms. The van der Waals surface area contributed by atoms with Gasteiger partial charge in [0.25, 0.3) is 0 Å². The Hall–Kier alpha value is -3.74. The lowest BCUT2D eigenvalue weighted by Gasteiger charge is -2.43. The molecule has 4 amide bonds. The Kier molecular flexibility index (Phi) is 11.4. The molecule has 11 nitrogen and oxygen atoms in total. The Balaban J connectivity index is 1.60. The number of hydrogen-bond acceptors (Lipinski definition) is 6. The number of nitrogens with one attached hydrogen (secondary N) is 2. The summed E-state index contributed by atoms with van der Waals surface area (Å²) in [6.45, 7) is 12.7. The smallest absolute Gasteiger partial charge is 0.405 e. The van der Waals surface area contributed by atoms with E-state index in [1.807, 2.05) is 73.8 Å². The number of ether oxygens (including phenoxy) is 1. The monoisotopic (exact) mass is 680 g/mol. The topological polar surface area (TPSA) is 138 Å². The van der Waals surface area contributed by atoms with Gasteiger partial charge in [0.15, 0.2) is 8.32 Å². The van der Waals surface area contributed by atoms with Gasteiger partial charge in [-0.25, -0.2) is 4.79 Å². The van der Waals surface area contributed by atoms with E-state index in [4.69, 9.17) is 9.16 Å². The van der Waals surface area contributed by atoms with E-state index >= 15 is 0 Å². The van der Waals surface area contributed by atoms with E-state index in [-0.39, 0.29) is 49.1 Å². The average Bonchev–Trinajstić information content (AvgIpc) is 3.27. The highest BCUT2D eigenvalue weighted by molar-refractivity contribution is 6.74. The van der Waals surface area contributed by atoms with Crippen molar-refractivity contribution in [3.8, 4) is 0 Å². The second kappa shape index (κ2) is 14.8. The third kappa shape index (κ3) is 8.27. The van der Waals surface area contributed by atoms with Gasteiger partial charge in [-0.1, -0.05) is 81.4 Å². The molecular weight excluding hydrogens is 629 g/mol. The predicted octanol–water partition coefficient (Wildman–Crippen LogP) is 4.60. The van der Waals surface area contributed by atoms with Crippen LogP contribution >= 0.6 is 0 Å². The summed E-state index contributed by atoms with van der Waals surface area (Å²) in [5.41, 5.74) is -0.527. The first kappa shape index (κ1) is 37.1. The van der Waals surface area contributed by atoms with E-state index in [0.29, 0.717) is 25.9 Å². The molecule has 1 spiro atoms. The van der Waals surface area contributed by atoms with Crippen molar-refractivity contribution >= 4 is 32.1 Å². The van der Waals surface area contributed by atoms with Crippen molar-refractivity contribution in [2.45, 2.75) is 82.8 Å². The van der Waals surface area contributed by atoms with Crippen LogP contribution in [0.1, 0.15) is 57.6 Å². The molecular formula is C36H52N4O7Si. The molecule has 0 aliphatic carbocycles. The number of likely N-dealkylation sites (N-methyl/N-ethyl adjacent to an activating group) is 1. The Bertz CT molecular complexity index is 1450. The summed E-state index contributed by atoms with van der Waals surface area (Å²) in [6.07, 6.45) is -0.117. The molecule has 4 atom stereocenters. The van der Waals surface area contributed by atoms with Crippen molar-refractivity contribution in [3.05, 3.63) is 71.8 Å². The number of likely N-dealkylation sites (tertiary alicyclic amines) is 2. The number of carbonyl (C=O) groups excluding carboxylic acids is 3. The molecule has 3 unspecified atom stereocenters. The molecule has 2 heterocycles. The lowest BCUT2D eigenvalue weighted by atomic mass is 9.69. The van der Waals surface area contributed by atoms with Crippen LogP contribution < -0.4 is 10.6 Å². The van der Waals surface area contributed by atoms with Gasteiger partial charge >= 0.3 is 6.09 Å². The van der Waals surface area contributed by atoms with Gasteiger partial charge in [-0.05, 0) is 49.0 Å². The van der Waals surface area contributed by atoms with Crippen LogP contribution in [-0.2, 0) is 30.2 Å². The molecule has 0 aromatic heterocycles. The summed E-state index contributed by atoms with van der Waals surface area (Å²) in [5, 5.41) is 14.7. The van der Waals surface area contributed by atoms with Crippen LogP contribution in [0.3, 0.4) is 0 Å². The molecule has 0 saturated carbocycles. The summed E-state index contributed by atoms with van der Waals surface area (Å²) in [6, 6.07) is 18.3. The first-order valence-electron chi connectivity index (χ1n) is 16.7. The second-order valence-corrected chi connectivity index (χ2v) is 19.8. The maximum atomic E-state index is 14.4. The molecule has 0 bridgehead atoms. The van der Waals surface area contributed by atoms with Crippen LogP contribution in [0.5, 0.6) is 0 Å². The fourth-order valence-corrected chi connectivity index (χ4v) is 7.50. The summed E-state index contributed by atoms with van der Waals surface area (Å²) >= 11 is 0. The fourth-order valence-electron chi connectivity index (χ4n) is 6.42. The molecule has 2 aromatic rings. The van der Waals surface area contributed by atoms with E-state index in [9.17, 15) is 24.3 Å². The van der Waals surface area contributed by atoms with Gasteiger partial charge in [0, 0.05) is 32.6 Å². The largest absolute Gasteiger partial charge is 0.465 e. The van der Waals surface area contributed by atoms with E-state index in [1.165, 1.54) is 6.92 Å². The molecule has 48 heavy (non-hydrogen) atoms. The highest BCUT2D eigenvalue weighted by atomic mass is 28.4. The van der Waals surface area contributed by atoms with Crippen LogP contribution in [0.15, 0.2) is 60.7 Å². The van der Waals surface area contributed by atoms with Crippen molar-refractivity contribution in [1.82, 2.24) is 20.4 Å². The van der Waals surface area contributed by atoms with E-state index in [2.05, 4.69) is 31.4 Å². The number of piperidine rings is 1. The van der Waals surface area contributed by atoms with E-state index < -0.39 is 37.3 Å². The maximum Gasteiger partial charge on any atom is 0.405 e. The first-order valence-corrected chi connectivity index (χ1v) is 19.6. The van der Waals surface area contributed by atoms with Crippen LogP contribution in [0.4, 0.5) is 4.79 Å². The van der Waals surface area contributed by atoms with Crippen molar-refractivity contribution in [2.24, 2.45) is 5.41 Å². The number of rotatable bonds is 12. The van der Waals surface area contributed by atoms with Crippen LogP contribution in [-0.4, -0.2) is 98.5 Å². The van der Waals surface area contributed by atoms with Gasteiger partial charge in [0.2, 0.25) is 17.7 Å². The number of carboxylic acid groups (broad SMARTS) is 1. The van der Waals surface area contributed by atoms with Gasteiger partial charge in [-0.15, -0.1) is 0 Å². The zero-order chi connectivity index (χ0) is 35.3. The van der Waals surface area contributed by atoms with Gasteiger partial charge in [-0.3, -0.25) is 14.4 Å². The van der Waals surface area contributed by atoms with Crippen molar-refractivity contribution in [3.63, 3.8) is 0 Å². The minimum Gasteiger partial charge on any atom is -0.465 e. The Morgan fingerprint density at radius 1 is 1.04 bits per heavy atom. The zero-order valence-electron chi connectivity index (χ0n) is 29.4. The minimum atomic E-state index is -2.37. The number of benzene rings is 2. The van der Waals surface area contributed by atoms with Crippen LogP contribution in [0.2, 0.25) is 18.1 Å². The fraction of sp³-hybridized carbons (Fsp3) is 0.556. The average molecular weight is 681 g/mol. The summed E-state index contributed by atoms with van der Waals surface area (Å²) in [4.78, 5) is 57.5. The number of carbonyl (C=O) groups is 4. The molecule has 2 saturated heterocycles. The van der Waals surface area contributed by atoms with Crippen molar-refractivity contribution in [1.29, 1.82) is 0 Å². The maximum absolute atomic E-state index is 14.4. The Morgan fingerprint density at radius 2 is 1.67 bits per heavy atom. The zero-order valence-corrected chi connectivity index (χ0v) is 30.4. The van der Waals surface area contributed by atoms with Crippen LogP contribution in [0.25, 0.3) is 0 Å². The number of nitrogens with zero attached hydrogens (tertiary/aromatic N) is 2. The third-order valence-electron chi connectivity index (χ3n) is 10.3. The highest BCUT2D eigenvalue weighted by Gasteiger charge is 2.56. The molecule has 2 aromatic carbocycles. The molecule has 3 N–H and O–H groups in total. The van der Waals surface area contributed by atoms with E-state index in [0.717, 1.165) is 11.1 Å². The van der Waals surface area contributed by atoms with Gasteiger partial charge < -0.3 is 34.7 Å². The molecule has 262 valence electrons. The Labute approximate surface area is 285 Å². The minimum absolute atomic E-state index is 0.00998. The van der Waals surface area contributed by atoms with Gasteiger partial charge in [-0.2, -0.15) is 0 Å². The number of amides is 4. The molecule has 2 fully saturated rings. The standard InChI is InChI=1S/C36H52N4O7Si/c1-34(2,3)48(6,7)47-25-35(4,38-33(44)45)31(42)37-29(23-46-22-26-15-10-8-11-16-26)30(41)40-20-14-19-36(24-40)28(21-39(5)32(36)43)27-17-12-9-13-18-27/h8-13,15-18,28-29,38H,14,19-25H2,1-7H3,(H,37,42)(H,44,45)/t28?,29-,35?,36?/m1/s1. The quantitative estimate of drug-likeness (QED) is 0.279. The molecule has 4 rings (SSSR count). The SMILES string of the molecule is CN1CC(c2ccccc2)C2(CCCN(C(=O)[C@@H](COCc3ccccc3)NC(=O)C(C)(CO[Si](C)(C)C(C)(C)C)NC(=O)O)C2)C1=O. The van der Waals surface area contributed by atoms with Crippen molar-refractivity contribution in [2.75, 3.05) is 39.9 Å². The first-order chi connectivity index (χ1) is 22.5. The van der Waals surface area contributed by atoms with Gasteiger partial charge in [0.1, 0.15) is 11.6 Å². The summed E-state index contributed by atoms with van der Waals surface area (Å²) in [7, 11) is -0.571. The Morgan fingerprint density at radius 3 is 2.27 bits per heavy atom. The second-order valence-electron chi connectivity index (χ2n) is 15.0. The summed E-state index contributed by atoms with van der Waals surface area (Å²) in [5.74, 6) is -1.16. The highest BCUT2D eigenvalue weighted by Crippen LogP contribution is 2.49. The normalized spacial score (nSPS) is 21.9. The molecule has 2 aliphatic heterocycles. The van der Waals surface area contributed by atoms with Gasteiger partial charge in [0.05, 0.1) is 25.2 Å². The predicted molar refractivity (Wildman–Crippen MR) is 186 cm³/mol. The van der Waals surface area contributed by atoms with E-state index in [1.54, 1.807) is 16.8 Å². The number of hydrogen-bond donors (Lipinski definition) is 3. The summed E-state index contributed by atoms with van der Waals surface area (Å²) < 4.78 is 12.3. The lowest BCUT2D eigenvalue weighted by molar-refractivity contribution is -0.147. The third-order valence-corrected chi connectivity index (χ3v) is 14.8. The molecule has 2 aliphatic rings.